The van der Waals surface area contributed by atoms with Crippen molar-refractivity contribution in [2.45, 2.75) is 164 Å². The third-order valence-corrected chi connectivity index (χ3v) is 24.8. The fraction of sp³-hybridized carbons (Fsp3) is 0.539. The Labute approximate surface area is 842 Å². The zero-order valence-corrected chi connectivity index (χ0v) is 83.2. The van der Waals surface area contributed by atoms with Crippen LogP contribution < -0.4 is 54.0 Å². The number of benzene rings is 5. The zero-order valence-electron chi connectivity index (χ0n) is 83.2. The Morgan fingerprint density at radius 1 is 0.503 bits per heavy atom. The number of primary amides is 1. The number of aromatic nitrogens is 2. The molecule has 17 N–H and O–H groups in total. The molecule has 0 unspecified atom stereocenters. The predicted octanol–water partition coefficient (Wildman–Crippen LogP) is 1.33. The lowest BCUT2D eigenvalue weighted by Crippen LogP contribution is -2.62. The molecule has 145 heavy (non-hydrogen) atoms. The van der Waals surface area contributed by atoms with Gasteiger partial charge in [-0.15, -0.1) is 0 Å². The maximum atomic E-state index is 16.0. The Morgan fingerprint density at radius 3 is 1.54 bits per heavy atom. The maximum absolute atomic E-state index is 16.0. The molecular weight excluding hydrogens is 1880 g/mol. The van der Waals surface area contributed by atoms with Crippen molar-refractivity contribution >= 4 is 98.6 Å². The number of aromatic amines is 2. The van der Waals surface area contributed by atoms with Crippen molar-refractivity contribution in [2.75, 3.05) is 187 Å². The third kappa shape index (κ3) is 39.7. The molecule has 3 heterocycles. The summed E-state index contributed by atoms with van der Waals surface area (Å²) in [5.41, 5.74) is 15.0. The topological polar surface area (TPSA) is 568 Å². The van der Waals surface area contributed by atoms with Crippen molar-refractivity contribution in [2.24, 2.45) is 17.4 Å². The number of likely N-dealkylation sites (N-methyl/N-ethyl adjacent to an activating group) is 4. The number of carbonyl (C=O) groups is 13. The first kappa shape index (κ1) is 116. The van der Waals surface area contributed by atoms with Gasteiger partial charge in [0.05, 0.1) is 139 Å². The number of aromatic hydroxyl groups is 2. The number of halogens is 1. The van der Waals surface area contributed by atoms with E-state index in [2.05, 4.69) is 52.5 Å². The number of fused-ring (bicyclic) bond motifs is 2. The highest BCUT2D eigenvalue weighted by Crippen LogP contribution is 2.35. The Kier molecular flexibility index (Phi) is 50.3. The van der Waals surface area contributed by atoms with Crippen LogP contribution in [-0.2, 0) is 142 Å². The van der Waals surface area contributed by atoms with Crippen LogP contribution in [0, 0.1) is 11.7 Å². The molecule has 2 aliphatic rings. The first-order valence-electron chi connectivity index (χ1n) is 49.2. The fourth-order valence-corrected chi connectivity index (χ4v) is 16.4. The summed E-state index contributed by atoms with van der Waals surface area (Å²) in [5, 5.41) is 55.8. The van der Waals surface area contributed by atoms with Gasteiger partial charge in [0.15, 0.2) is 0 Å². The summed E-state index contributed by atoms with van der Waals surface area (Å²) < 4.78 is 69.7. The van der Waals surface area contributed by atoms with Crippen LogP contribution in [0.5, 0.6) is 11.5 Å². The number of phenolic OH excluding ortho intramolecular Hbond substituents is 2. The Balaban J connectivity index is 0.971. The molecule has 794 valence electrons. The fourth-order valence-electron chi connectivity index (χ4n) is 16.4. The van der Waals surface area contributed by atoms with E-state index in [4.69, 9.17) is 58.8 Å². The lowest BCUT2D eigenvalue weighted by molar-refractivity contribution is -0.150. The molecule has 1 saturated carbocycles. The van der Waals surface area contributed by atoms with E-state index in [-0.39, 0.29) is 141 Å². The molecule has 1 saturated heterocycles. The number of hydrogen-bond donors (Lipinski definition) is 15. The summed E-state index contributed by atoms with van der Waals surface area (Å²) in [4.78, 5) is 206. The predicted molar refractivity (Wildman–Crippen MR) is 530 cm³/mol. The van der Waals surface area contributed by atoms with Crippen molar-refractivity contribution in [1.82, 2.24) is 72.1 Å². The Morgan fingerprint density at radius 2 is 0.993 bits per heavy atom. The molecule has 42 nitrogen and oxygen atoms in total. The van der Waals surface area contributed by atoms with E-state index in [0.29, 0.717) is 156 Å². The maximum Gasteiger partial charge on any atom is 0.247 e. The van der Waals surface area contributed by atoms with Gasteiger partial charge in [-0.3, -0.25) is 62.3 Å². The van der Waals surface area contributed by atoms with Crippen molar-refractivity contribution in [3.8, 4) is 11.5 Å². The molecule has 7 aromatic rings. The van der Waals surface area contributed by atoms with Crippen LogP contribution in [-0.4, -0.2) is 369 Å². The molecule has 10 atom stereocenters. The monoisotopic (exact) mass is 2030 g/mol. The van der Waals surface area contributed by atoms with Crippen LogP contribution >= 0.6 is 0 Å². The summed E-state index contributed by atoms with van der Waals surface area (Å²) in [5.74, 6) is -12.9. The number of nitrogens with zero attached hydrogens (tertiary/aromatic N) is 4. The summed E-state index contributed by atoms with van der Waals surface area (Å²) in [6.07, 6.45) is 1.68. The number of aliphatic hydroxyl groups excluding tert-OH is 1. The molecule has 43 heteroatoms. The van der Waals surface area contributed by atoms with E-state index in [1.54, 1.807) is 73.1 Å². The van der Waals surface area contributed by atoms with E-state index in [9.17, 15) is 38.9 Å². The van der Waals surface area contributed by atoms with E-state index >= 15 is 43.2 Å². The zero-order chi connectivity index (χ0) is 104. The lowest BCUT2D eigenvalue weighted by Gasteiger charge is -2.36. The number of ether oxygens (including phenoxy) is 10. The van der Waals surface area contributed by atoms with Crippen LogP contribution in [0.4, 0.5) is 4.39 Å². The quantitative estimate of drug-likeness (QED) is 0.0239. The smallest absolute Gasteiger partial charge is 0.247 e. The number of aliphatic hydroxyl groups is 1. The van der Waals surface area contributed by atoms with Crippen LogP contribution in [0.3, 0.4) is 0 Å². The minimum Gasteiger partial charge on any atom is -0.508 e. The largest absolute Gasteiger partial charge is 0.508 e. The van der Waals surface area contributed by atoms with Gasteiger partial charge in [0, 0.05) is 127 Å². The summed E-state index contributed by atoms with van der Waals surface area (Å²) in [7, 11) is 5.11. The van der Waals surface area contributed by atoms with Crippen molar-refractivity contribution < 1.29 is 129 Å². The van der Waals surface area contributed by atoms with Gasteiger partial charge >= 0.3 is 0 Å². The SMILES string of the molecule is CC(=O)NCCCC[C@H]1C(=O)N[C@@H](Cc2c[nH]c3ccc(O)cc23)C(=O)N[C@@H](Cc2c[nH]c3ccccc23)C(=O)N[C@@H](C2CC2)C(=O)N(C)[C@H](C(=O)N(C)[C@@H](Cc2ccc(F)cc2)C(N)=O)CNC(=O)CCC[C@H](NC(=O)CCOCCOCCOCCOCCOCCOCCOCCOCCOCCOCCN)C(=O)N[C@@H](Cc2ccc(O)cc2)C(=O)N[C@@H](CO)C(=O)N(C)[C@@H](CCc2ccccc2)C(=O)N1C. The number of para-hydroxylation sites is 1. The van der Waals surface area contributed by atoms with Crippen molar-refractivity contribution in [3.63, 3.8) is 0 Å². The first-order valence-corrected chi connectivity index (χ1v) is 49.2. The van der Waals surface area contributed by atoms with Gasteiger partial charge in [-0.2, -0.15) is 0 Å². The second kappa shape index (κ2) is 62.9. The van der Waals surface area contributed by atoms with Gasteiger partial charge in [-0.05, 0) is 140 Å². The molecule has 0 spiro atoms. The van der Waals surface area contributed by atoms with Gasteiger partial charge in [0.25, 0.3) is 0 Å². The normalized spacial score (nSPS) is 19.6. The van der Waals surface area contributed by atoms with Gasteiger partial charge in [0.2, 0.25) is 76.8 Å². The number of aryl methyl sites for hydroxylation is 1. The highest BCUT2D eigenvalue weighted by Gasteiger charge is 2.45. The van der Waals surface area contributed by atoms with Crippen molar-refractivity contribution in [3.05, 3.63) is 167 Å². The van der Waals surface area contributed by atoms with E-state index in [1.165, 1.54) is 83.6 Å². The van der Waals surface area contributed by atoms with Crippen LogP contribution in [0.2, 0.25) is 0 Å². The number of H-pyrrole nitrogens is 2. The van der Waals surface area contributed by atoms with Gasteiger partial charge in [-0.25, -0.2) is 4.39 Å². The number of hydrogen-bond acceptors (Lipinski definition) is 27. The molecule has 13 amide bonds. The minimum absolute atomic E-state index is 0.0311. The molecule has 1 aliphatic carbocycles. The Hall–Kier alpha value is -12.7. The van der Waals surface area contributed by atoms with Crippen molar-refractivity contribution in [1.29, 1.82) is 0 Å². The number of phenols is 2. The number of rotatable bonds is 54. The number of carbonyl (C=O) groups excluding carboxylic acids is 13. The van der Waals surface area contributed by atoms with Gasteiger partial charge in [0.1, 0.15) is 77.7 Å². The standard InChI is InChI=1S/C102H143FN16O26/c1-67(121)106-37-12-11-19-86-98(131)113-83(61-73-64-108-80-33-32-76(123)62-78(73)80)96(129)112-84(60-72-63-107-79-17-10-9-16-77(72)79)97(130)115-92(71-26-27-71)102(135)119(5)89(101(134)118(4)88(93(105)126)59-70-21-28-74(103)29-22-70)65-109-90(124)20-13-18-81(110-91(125)35-38-136-40-42-138-44-46-140-48-50-142-52-54-144-56-57-145-55-53-143-51-49-141-47-45-139-43-41-137-39-36-104)94(127)111-82(58-69-23-30-75(122)31-24-69)95(128)114-85(66-120)99(132)117(3)87(100(133)116(86)2)34-25-68-14-7-6-8-15-68/h6-10,14-17,21-24,28-33,62-64,71,81-89,92,107-108,120,122-123H,11-13,18-20,25-27,34-61,65-66,104H2,1-5H3,(H2,105,126)(H,106,121)(H,109,124)(H,110,125)(H,111,127)(H,112,129)(H,113,131)(H,114,128)(H,115,130)/t81-,82-,83-,84-,85-,86-,87-,88-,89-,92-/m0/s1. The molecule has 5 aromatic carbocycles. The van der Waals surface area contributed by atoms with Gasteiger partial charge < -0.3 is 146 Å². The second-order valence-electron chi connectivity index (χ2n) is 35.5. The van der Waals surface area contributed by atoms with Crippen LogP contribution in [0.15, 0.2) is 134 Å². The highest BCUT2D eigenvalue weighted by atomic mass is 19.1. The average Bonchev–Trinajstić information content (AvgIpc) is 1.70. The molecule has 0 bridgehead atoms. The van der Waals surface area contributed by atoms with E-state index in [0.717, 1.165) is 37.3 Å². The third-order valence-electron chi connectivity index (χ3n) is 24.8. The number of amides is 13. The molecule has 2 aromatic heterocycles. The number of unbranched alkanes of at least 4 members (excludes halogenated alkanes) is 1. The van der Waals surface area contributed by atoms with Crippen LogP contribution in [0.1, 0.15) is 98.9 Å². The molecule has 1 aliphatic heterocycles. The summed E-state index contributed by atoms with van der Waals surface area (Å²) in [6, 6.07) is 15.1. The summed E-state index contributed by atoms with van der Waals surface area (Å²) >= 11 is 0. The lowest BCUT2D eigenvalue weighted by atomic mass is 9.99. The molecular formula is C102H143FN16O26. The number of nitrogens with one attached hydrogen (secondary N) is 10. The second-order valence-corrected chi connectivity index (χ2v) is 35.5. The highest BCUT2D eigenvalue weighted by molar-refractivity contribution is 6.00. The molecule has 0 radical (unpaired) electrons. The summed E-state index contributed by atoms with van der Waals surface area (Å²) in [6.45, 7) is 6.62. The van der Waals surface area contributed by atoms with E-state index in [1.807, 2.05) is 0 Å². The van der Waals surface area contributed by atoms with Gasteiger partial charge in [-0.1, -0.05) is 72.8 Å². The Bertz CT molecular complexity index is 5230. The molecule has 9 rings (SSSR count). The minimum atomic E-state index is -1.88. The van der Waals surface area contributed by atoms with Crippen LogP contribution in [0.25, 0.3) is 21.8 Å². The molecule has 2 fully saturated rings. The van der Waals surface area contributed by atoms with E-state index < -0.39 is 163 Å². The average molecular weight is 2030 g/mol. The number of nitrogens with two attached hydrogens (primary N) is 2. The first-order chi connectivity index (χ1) is 70.0.